The fourth-order valence-electron chi connectivity index (χ4n) is 3.75. The number of carbonyl (C=O) groups excluding carboxylic acids is 1. The average molecular weight is 299 g/mol. The van der Waals surface area contributed by atoms with E-state index in [4.69, 9.17) is 9.47 Å². The van der Waals surface area contributed by atoms with Gasteiger partial charge in [0.25, 0.3) is 0 Å². The highest BCUT2D eigenvalue weighted by Crippen LogP contribution is 2.40. The number of Topliss-reactive ketones (excluding diaryl/α,β-unsaturated/α-hetero) is 1. The number of hydrogen-bond donors (Lipinski definition) is 1. The Kier molecular flexibility index (Phi) is 4.70. The van der Waals surface area contributed by atoms with Crippen LogP contribution in [0, 0.1) is 5.92 Å². The van der Waals surface area contributed by atoms with Gasteiger partial charge in [0.15, 0.2) is 5.78 Å². The lowest BCUT2D eigenvalue weighted by Crippen LogP contribution is -2.47. The molecule has 1 spiro atoms. The third-order valence-electron chi connectivity index (χ3n) is 5.07. The maximum absolute atomic E-state index is 12.7. The number of ether oxygens (including phenoxy) is 2. The predicted octanol–water partition coefficient (Wildman–Crippen LogP) is 1.62. The zero-order chi connectivity index (χ0) is 14.0. The van der Waals surface area contributed by atoms with E-state index in [9.17, 15) is 4.79 Å². The molecule has 3 aliphatic rings. The first-order valence-electron chi connectivity index (χ1n) is 7.74. The normalized spacial score (nSPS) is 37.1. The molecule has 3 aliphatic heterocycles. The van der Waals surface area contributed by atoms with Gasteiger partial charge in [0.2, 0.25) is 0 Å². The molecule has 3 saturated heterocycles. The monoisotopic (exact) mass is 299 g/mol. The second-order valence-corrected chi connectivity index (χ2v) is 7.51. The minimum Gasteiger partial charge on any atom is -0.380 e. The van der Waals surface area contributed by atoms with Crippen molar-refractivity contribution in [1.82, 2.24) is 5.32 Å². The first kappa shape index (κ1) is 14.8. The summed E-state index contributed by atoms with van der Waals surface area (Å²) in [4.78, 5) is 12.7. The third kappa shape index (κ3) is 3.06. The van der Waals surface area contributed by atoms with Gasteiger partial charge in [-0.05, 0) is 43.6 Å². The SMILES string of the molecule is COC1CNC(C(=O)C2CCOC3(CCSCC3)C2)C1. The highest BCUT2D eigenvalue weighted by Gasteiger charge is 2.43. The standard InChI is InChI=1S/C15H25NO3S/c1-18-12-8-13(16-10-12)14(17)11-2-5-19-15(9-11)3-6-20-7-4-15/h11-13,16H,2-10H2,1H3. The van der Waals surface area contributed by atoms with Crippen LogP contribution in [0.3, 0.4) is 0 Å². The maximum Gasteiger partial charge on any atom is 0.153 e. The number of nitrogens with one attached hydrogen (secondary N) is 1. The summed E-state index contributed by atoms with van der Waals surface area (Å²) < 4.78 is 11.4. The van der Waals surface area contributed by atoms with Gasteiger partial charge < -0.3 is 14.8 Å². The molecule has 3 rings (SSSR count). The molecule has 0 radical (unpaired) electrons. The number of rotatable bonds is 3. The highest BCUT2D eigenvalue weighted by molar-refractivity contribution is 7.99. The molecule has 20 heavy (non-hydrogen) atoms. The van der Waals surface area contributed by atoms with E-state index in [0.29, 0.717) is 5.78 Å². The smallest absolute Gasteiger partial charge is 0.153 e. The van der Waals surface area contributed by atoms with Crippen molar-refractivity contribution in [3.05, 3.63) is 0 Å². The van der Waals surface area contributed by atoms with Gasteiger partial charge in [-0.15, -0.1) is 0 Å². The first-order chi connectivity index (χ1) is 9.72. The summed E-state index contributed by atoms with van der Waals surface area (Å²) in [7, 11) is 1.72. The zero-order valence-corrected chi connectivity index (χ0v) is 13.0. The molecular weight excluding hydrogens is 274 g/mol. The minimum absolute atomic E-state index is 0.00179. The summed E-state index contributed by atoms with van der Waals surface area (Å²) in [6.07, 6.45) is 5.07. The van der Waals surface area contributed by atoms with Crippen molar-refractivity contribution in [2.24, 2.45) is 5.92 Å². The van der Waals surface area contributed by atoms with Gasteiger partial charge in [-0.25, -0.2) is 0 Å². The Bertz CT molecular complexity index is 352. The Hall–Kier alpha value is -0.100. The van der Waals surface area contributed by atoms with Crippen molar-refractivity contribution in [2.45, 2.75) is 49.9 Å². The Morgan fingerprint density at radius 2 is 2.20 bits per heavy atom. The number of ketones is 1. The summed E-state index contributed by atoms with van der Waals surface area (Å²) in [5.74, 6) is 2.92. The van der Waals surface area contributed by atoms with Crippen LogP contribution >= 0.6 is 11.8 Å². The fraction of sp³-hybridized carbons (Fsp3) is 0.933. The summed E-state index contributed by atoms with van der Waals surface area (Å²) in [5.41, 5.74) is 0.00306. The molecule has 0 aromatic carbocycles. The molecule has 0 aliphatic carbocycles. The van der Waals surface area contributed by atoms with Gasteiger partial charge in [0, 0.05) is 26.2 Å². The lowest BCUT2D eigenvalue weighted by molar-refractivity contribution is -0.140. The Morgan fingerprint density at radius 3 is 2.90 bits per heavy atom. The van der Waals surface area contributed by atoms with Crippen LogP contribution in [-0.2, 0) is 14.3 Å². The van der Waals surface area contributed by atoms with E-state index in [-0.39, 0.29) is 23.7 Å². The van der Waals surface area contributed by atoms with Crippen LogP contribution < -0.4 is 5.32 Å². The molecule has 0 bridgehead atoms. The van der Waals surface area contributed by atoms with Crippen LogP contribution in [0.1, 0.15) is 32.1 Å². The van der Waals surface area contributed by atoms with E-state index in [1.54, 1.807) is 7.11 Å². The zero-order valence-electron chi connectivity index (χ0n) is 12.2. The van der Waals surface area contributed by atoms with Crippen LogP contribution in [0.25, 0.3) is 0 Å². The molecule has 0 amide bonds. The molecular formula is C15H25NO3S. The molecule has 3 fully saturated rings. The summed E-state index contributed by atoms with van der Waals surface area (Å²) in [5, 5.41) is 3.33. The molecule has 3 unspecified atom stereocenters. The molecule has 114 valence electrons. The number of hydrogen-bond acceptors (Lipinski definition) is 5. The lowest BCUT2D eigenvalue weighted by atomic mass is 9.78. The van der Waals surface area contributed by atoms with E-state index in [1.807, 2.05) is 11.8 Å². The van der Waals surface area contributed by atoms with Crippen molar-refractivity contribution in [2.75, 3.05) is 31.8 Å². The topological polar surface area (TPSA) is 47.6 Å². The number of carbonyl (C=O) groups is 1. The van der Waals surface area contributed by atoms with Crippen molar-refractivity contribution in [1.29, 1.82) is 0 Å². The van der Waals surface area contributed by atoms with E-state index >= 15 is 0 Å². The Labute approximate surface area is 125 Å². The van der Waals surface area contributed by atoms with Gasteiger partial charge in [-0.3, -0.25) is 4.79 Å². The van der Waals surface area contributed by atoms with Crippen LogP contribution in [0.15, 0.2) is 0 Å². The molecule has 1 N–H and O–H groups in total. The molecule has 0 aromatic heterocycles. The van der Waals surface area contributed by atoms with Crippen molar-refractivity contribution in [3.8, 4) is 0 Å². The average Bonchev–Trinajstić information content (AvgIpc) is 2.96. The van der Waals surface area contributed by atoms with Crippen LogP contribution in [0.5, 0.6) is 0 Å². The van der Waals surface area contributed by atoms with Crippen LogP contribution in [0.2, 0.25) is 0 Å². The Balaban J connectivity index is 1.60. The van der Waals surface area contributed by atoms with Gasteiger partial charge in [-0.2, -0.15) is 11.8 Å². The van der Waals surface area contributed by atoms with Gasteiger partial charge in [-0.1, -0.05) is 0 Å². The minimum atomic E-state index is -0.00179. The van der Waals surface area contributed by atoms with E-state index in [2.05, 4.69) is 5.32 Å². The lowest BCUT2D eigenvalue weighted by Gasteiger charge is -2.43. The molecule has 3 heterocycles. The Morgan fingerprint density at radius 1 is 1.40 bits per heavy atom. The predicted molar refractivity (Wildman–Crippen MR) is 80.2 cm³/mol. The van der Waals surface area contributed by atoms with Crippen LogP contribution in [-0.4, -0.2) is 55.3 Å². The van der Waals surface area contributed by atoms with E-state index < -0.39 is 0 Å². The van der Waals surface area contributed by atoms with E-state index in [1.165, 1.54) is 11.5 Å². The maximum atomic E-state index is 12.7. The summed E-state index contributed by atoms with van der Waals surface area (Å²) in [6.45, 7) is 1.55. The highest BCUT2D eigenvalue weighted by atomic mass is 32.2. The summed E-state index contributed by atoms with van der Waals surface area (Å²) >= 11 is 2.01. The molecule has 0 aromatic rings. The fourth-order valence-corrected chi connectivity index (χ4v) is 4.98. The van der Waals surface area contributed by atoms with Gasteiger partial charge >= 0.3 is 0 Å². The molecule has 0 saturated carbocycles. The van der Waals surface area contributed by atoms with Crippen LogP contribution in [0.4, 0.5) is 0 Å². The van der Waals surface area contributed by atoms with Gasteiger partial charge in [0.05, 0.1) is 17.7 Å². The second-order valence-electron chi connectivity index (χ2n) is 6.29. The van der Waals surface area contributed by atoms with Crippen molar-refractivity contribution < 1.29 is 14.3 Å². The summed E-state index contributed by atoms with van der Waals surface area (Å²) in [6, 6.07) is -0.00179. The second kappa shape index (κ2) is 6.34. The number of methoxy groups -OCH3 is 1. The molecule has 5 heteroatoms. The van der Waals surface area contributed by atoms with Gasteiger partial charge in [0.1, 0.15) is 0 Å². The van der Waals surface area contributed by atoms with E-state index in [0.717, 1.165) is 45.3 Å². The quantitative estimate of drug-likeness (QED) is 0.858. The third-order valence-corrected chi connectivity index (χ3v) is 6.05. The largest absolute Gasteiger partial charge is 0.380 e. The molecule has 3 atom stereocenters. The number of thioether (sulfide) groups is 1. The van der Waals surface area contributed by atoms with Crippen molar-refractivity contribution in [3.63, 3.8) is 0 Å². The van der Waals surface area contributed by atoms with Crippen molar-refractivity contribution >= 4 is 17.5 Å². The molecule has 4 nitrogen and oxygen atoms in total. The first-order valence-corrected chi connectivity index (χ1v) is 8.89.